The van der Waals surface area contributed by atoms with E-state index in [-0.39, 0.29) is 11.9 Å². The molecule has 0 bridgehead atoms. The fourth-order valence-corrected chi connectivity index (χ4v) is 2.24. The van der Waals surface area contributed by atoms with Crippen LogP contribution in [-0.4, -0.2) is 50.1 Å². The van der Waals surface area contributed by atoms with Crippen molar-refractivity contribution in [2.45, 2.75) is 39.2 Å². The van der Waals surface area contributed by atoms with Gasteiger partial charge in [-0.3, -0.25) is 9.69 Å². The zero-order chi connectivity index (χ0) is 12.7. The van der Waals surface area contributed by atoms with E-state index in [9.17, 15) is 4.79 Å². The van der Waals surface area contributed by atoms with Gasteiger partial charge in [0, 0.05) is 12.6 Å². The first-order chi connectivity index (χ1) is 8.11. The Morgan fingerprint density at radius 3 is 2.71 bits per heavy atom. The largest absolute Gasteiger partial charge is 0.353 e. The van der Waals surface area contributed by atoms with Crippen LogP contribution in [0.3, 0.4) is 0 Å². The van der Waals surface area contributed by atoms with Crippen molar-refractivity contribution < 1.29 is 4.79 Å². The highest BCUT2D eigenvalue weighted by molar-refractivity contribution is 5.78. The van der Waals surface area contributed by atoms with Gasteiger partial charge in [0.1, 0.15) is 0 Å². The quantitative estimate of drug-likeness (QED) is 0.724. The molecule has 100 valence electrons. The number of nitrogens with zero attached hydrogens (tertiary/aromatic N) is 1. The second-order valence-electron chi connectivity index (χ2n) is 5.27. The maximum Gasteiger partial charge on any atom is 0.234 e. The number of piperidine rings is 1. The molecule has 0 radical (unpaired) electrons. The monoisotopic (exact) mass is 241 g/mol. The predicted molar refractivity (Wildman–Crippen MR) is 71.0 cm³/mol. The summed E-state index contributed by atoms with van der Waals surface area (Å²) < 4.78 is 0. The van der Waals surface area contributed by atoms with Crippen LogP contribution in [0.1, 0.15) is 33.1 Å². The van der Waals surface area contributed by atoms with Crippen LogP contribution >= 0.6 is 0 Å². The van der Waals surface area contributed by atoms with Gasteiger partial charge < -0.3 is 10.6 Å². The van der Waals surface area contributed by atoms with Gasteiger partial charge in [-0.2, -0.15) is 0 Å². The molecule has 17 heavy (non-hydrogen) atoms. The Morgan fingerprint density at radius 1 is 1.47 bits per heavy atom. The summed E-state index contributed by atoms with van der Waals surface area (Å²) in [5.41, 5.74) is 0. The molecule has 0 aromatic rings. The molecule has 0 aromatic carbocycles. The van der Waals surface area contributed by atoms with Crippen molar-refractivity contribution >= 4 is 5.91 Å². The molecule has 1 fully saturated rings. The van der Waals surface area contributed by atoms with Crippen molar-refractivity contribution in [2.75, 3.05) is 33.2 Å². The van der Waals surface area contributed by atoms with E-state index in [0.717, 1.165) is 32.0 Å². The molecule has 0 saturated carbocycles. The summed E-state index contributed by atoms with van der Waals surface area (Å²) >= 11 is 0. The van der Waals surface area contributed by atoms with E-state index in [4.69, 9.17) is 0 Å². The fraction of sp³-hybridized carbons (Fsp3) is 0.923. The van der Waals surface area contributed by atoms with Gasteiger partial charge in [-0.15, -0.1) is 0 Å². The average molecular weight is 241 g/mol. The first kappa shape index (κ1) is 14.5. The molecule has 1 atom stereocenters. The van der Waals surface area contributed by atoms with Crippen LogP contribution in [0.2, 0.25) is 0 Å². The van der Waals surface area contributed by atoms with Gasteiger partial charge in [0.25, 0.3) is 0 Å². The van der Waals surface area contributed by atoms with Gasteiger partial charge in [-0.25, -0.2) is 0 Å². The van der Waals surface area contributed by atoms with Crippen molar-refractivity contribution in [3.8, 4) is 0 Å². The first-order valence-corrected chi connectivity index (χ1v) is 6.80. The van der Waals surface area contributed by atoms with E-state index >= 15 is 0 Å². The molecular formula is C13H27N3O. The lowest BCUT2D eigenvalue weighted by Gasteiger charge is -2.27. The Labute approximate surface area is 105 Å². The van der Waals surface area contributed by atoms with Crippen LogP contribution in [0.4, 0.5) is 0 Å². The van der Waals surface area contributed by atoms with Gasteiger partial charge in [-0.1, -0.05) is 6.92 Å². The van der Waals surface area contributed by atoms with Gasteiger partial charge >= 0.3 is 0 Å². The molecule has 1 aliphatic rings. The van der Waals surface area contributed by atoms with E-state index < -0.39 is 0 Å². The summed E-state index contributed by atoms with van der Waals surface area (Å²) in [4.78, 5) is 13.8. The molecule has 1 aliphatic heterocycles. The van der Waals surface area contributed by atoms with Crippen LogP contribution in [0.25, 0.3) is 0 Å². The van der Waals surface area contributed by atoms with Crippen molar-refractivity contribution in [3.05, 3.63) is 0 Å². The standard InChI is InChI=1S/C13H27N3O/c1-4-11(2)15-13(17)10-16(3)9-12-5-7-14-8-6-12/h11-12,14H,4-10H2,1-3H3,(H,15,17). The molecular weight excluding hydrogens is 214 g/mol. The third-order valence-corrected chi connectivity index (χ3v) is 3.46. The summed E-state index contributed by atoms with van der Waals surface area (Å²) in [6.07, 6.45) is 3.46. The summed E-state index contributed by atoms with van der Waals surface area (Å²) in [5.74, 6) is 0.897. The number of nitrogens with one attached hydrogen (secondary N) is 2. The minimum Gasteiger partial charge on any atom is -0.353 e. The number of likely N-dealkylation sites (N-methyl/N-ethyl adjacent to an activating group) is 1. The highest BCUT2D eigenvalue weighted by atomic mass is 16.2. The normalized spacial score (nSPS) is 19.3. The summed E-state index contributed by atoms with van der Waals surface area (Å²) in [7, 11) is 2.04. The van der Waals surface area contributed by atoms with Crippen LogP contribution in [0.5, 0.6) is 0 Å². The molecule has 4 heteroatoms. The zero-order valence-corrected chi connectivity index (χ0v) is 11.5. The van der Waals surface area contributed by atoms with Crippen molar-refractivity contribution in [2.24, 2.45) is 5.92 Å². The maximum atomic E-state index is 11.7. The average Bonchev–Trinajstić information content (AvgIpc) is 2.29. The summed E-state index contributed by atoms with van der Waals surface area (Å²) in [6, 6.07) is 0.287. The summed E-state index contributed by atoms with van der Waals surface area (Å²) in [5, 5.41) is 6.37. The van der Waals surface area contributed by atoms with Crippen molar-refractivity contribution in [1.29, 1.82) is 0 Å². The second-order valence-corrected chi connectivity index (χ2v) is 5.27. The Kier molecular flexibility index (Phi) is 6.52. The van der Waals surface area contributed by atoms with Crippen LogP contribution in [0.15, 0.2) is 0 Å². The lowest BCUT2D eigenvalue weighted by molar-refractivity contribution is -0.122. The third kappa shape index (κ3) is 6.03. The maximum absolute atomic E-state index is 11.7. The molecule has 4 nitrogen and oxygen atoms in total. The van der Waals surface area contributed by atoms with Gasteiger partial charge in [-0.05, 0) is 52.2 Å². The molecule has 1 saturated heterocycles. The first-order valence-electron chi connectivity index (χ1n) is 6.80. The zero-order valence-electron chi connectivity index (χ0n) is 11.5. The highest BCUT2D eigenvalue weighted by Crippen LogP contribution is 2.12. The number of hydrogen-bond donors (Lipinski definition) is 2. The number of rotatable bonds is 6. The lowest BCUT2D eigenvalue weighted by Crippen LogP contribution is -2.42. The van der Waals surface area contributed by atoms with E-state index in [2.05, 4.69) is 22.5 Å². The number of carbonyl (C=O) groups is 1. The van der Waals surface area contributed by atoms with Crippen LogP contribution < -0.4 is 10.6 Å². The lowest BCUT2D eigenvalue weighted by atomic mass is 9.98. The Morgan fingerprint density at radius 2 is 2.12 bits per heavy atom. The molecule has 1 amide bonds. The Balaban J connectivity index is 2.18. The Hall–Kier alpha value is -0.610. The predicted octanol–water partition coefficient (Wildman–Crippen LogP) is 0.833. The molecule has 1 unspecified atom stereocenters. The van der Waals surface area contributed by atoms with Crippen LogP contribution in [-0.2, 0) is 4.79 Å². The van der Waals surface area contributed by atoms with E-state index in [1.54, 1.807) is 0 Å². The SMILES string of the molecule is CCC(C)NC(=O)CN(C)CC1CCNCC1. The van der Waals surface area contributed by atoms with Gasteiger partial charge in [0.15, 0.2) is 0 Å². The number of carbonyl (C=O) groups excluding carboxylic acids is 1. The summed E-state index contributed by atoms with van der Waals surface area (Å²) in [6.45, 7) is 7.94. The van der Waals surface area contributed by atoms with Crippen molar-refractivity contribution in [3.63, 3.8) is 0 Å². The van der Waals surface area contributed by atoms with E-state index in [1.807, 2.05) is 14.0 Å². The van der Waals surface area contributed by atoms with Gasteiger partial charge in [0.2, 0.25) is 5.91 Å². The molecule has 0 aromatic heterocycles. The van der Waals surface area contributed by atoms with E-state index in [1.165, 1.54) is 12.8 Å². The fourth-order valence-electron chi connectivity index (χ4n) is 2.24. The van der Waals surface area contributed by atoms with Gasteiger partial charge in [0.05, 0.1) is 6.54 Å². The van der Waals surface area contributed by atoms with E-state index in [0.29, 0.717) is 6.54 Å². The molecule has 0 aliphatic carbocycles. The topological polar surface area (TPSA) is 44.4 Å². The molecule has 1 rings (SSSR count). The molecule has 1 heterocycles. The minimum absolute atomic E-state index is 0.149. The number of amides is 1. The molecule has 0 spiro atoms. The van der Waals surface area contributed by atoms with Crippen LogP contribution in [0, 0.1) is 5.92 Å². The smallest absolute Gasteiger partial charge is 0.234 e. The highest BCUT2D eigenvalue weighted by Gasteiger charge is 2.16. The number of hydrogen-bond acceptors (Lipinski definition) is 3. The van der Waals surface area contributed by atoms with Crippen molar-refractivity contribution in [1.82, 2.24) is 15.5 Å². The minimum atomic E-state index is 0.149. The second kappa shape index (κ2) is 7.67. The Bertz CT molecular complexity index is 227. The third-order valence-electron chi connectivity index (χ3n) is 3.46. The molecule has 2 N–H and O–H groups in total.